The highest BCUT2D eigenvalue weighted by molar-refractivity contribution is 6.24. The molecule has 0 aliphatic carbocycles. The molecule has 0 saturated carbocycles. The summed E-state index contributed by atoms with van der Waals surface area (Å²) in [5, 5.41) is 6.15. The highest BCUT2D eigenvalue weighted by atomic mass is 15.0. The third kappa shape index (κ3) is 2.54. The van der Waals surface area contributed by atoms with Gasteiger partial charge in [0.2, 0.25) is 0 Å². The lowest BCUT2D eigenvalue weighted by molar-refractivity contribution is 1.15. The summed E-state index contributed by atoms with van der Waals surface area (Å²) < 4.78 is 4.86. The first kappa shape index (κ1) is 19.4. The van der Waals surface area contributed by atoms with Crippen molar-refractivity contribution in [3.8, 4) is 11.4 Å². The van der Waals surface area contributed by atoms with Crippen LogP contribution in [0.25, 0.3) is 65.9 Å². The molecule has 0 atom stereocenters. The van der Waals surface area contributed by atoms with Crippen LogP contribution in [0.2, 0.25) is 0 Å². The van der Waals surface area contributed by atoms with Crippen molar-refractivity contribution in [3.05, 3.63) is 128 Å². The normalized spacial score (nSPS) is 11.9. The van der Waals surface area contributed by atoms with Gasteiger partial charge in [-0.2, -0.15) is 0 Å². The zero-order valence-electron chi connectivity index (χ0n) is 19.5. The molecule has 8 aromatic rings. The van der Waals surface area contributed by atoms with Crippen molar-refractivity contribution in [1.82, 2.24) is 14.1 Å². The average Bonchev–Trinajstić information content (AvgIpc) is 3.46. The highest BCUT2D eigenvalue weighted by Gasteiger charge is 2.21. The van der Waals surface area contributed by atoms with Gasteiger partial charge < -0.3 is 9.13 Å². The predicted octanol–water partition coefficient (Wildman–Crippen LogP) is 8.43. The van der Waals surface area contributed by atoms with Crippen molar-refractivity contribution < 1.29 is 0 Å². The van der Waals surface area contributed by atoms with Crippen molar-refractivity contribution in [2.45, 2.75) is 0 Å². The van der Waals surface area contributed by atoms with E-state index in [0.29, 0.717) is 0 Å². The van der Waals surface area contributed by atoms with Gasteiger partial charge in [-0.3, -0.25) is 4.98 Å². The van der Waals surface area contributed by atoms with E-state index in [0.717, 1.165) is 22.3 Å². The molecule has 0 aliphatic heterocycles. The van der Waals surface area contributed by atoms with Crippen LogP contribution in [0.4, 0.5) is 0 Å². The second kappa shape index (κ2) is 7.30. The third-order valence-corrected chi connectivity index (χ3v) is 7.35. The topological polar surface area (TPSA) is 22.8 Å². The monoisotopic (exact) mass is 459 g/mol. The fraction of sp³-hybridized carbons (Fsp3) is 0. The Labute approximate surface area is 207 Å². The maximum Gasteiger partial charge on any atom is 0.0789 e. The maximum atomic E-state index is 4.66. The van der Waals surface area contributed by atoms with Gasteiger partial charge in [0, 0.05) is 38.8 Å². The average molecular weight is 460 g/mol. The number of hydrogen-bond donors (Lipinski definition) is 0. The van der Waals surface area contributed by atoms with Crippen LogP contribution >= 0.6 is 0 Å². The summed E-state index contributed by atoms with van der Waals surface area (Å²) in [4.78, 5) is 4.66. The number of aromatic nitrogens is 3. The van der Waals surface area contributed by atoms with E-state index in [1.807, 2.05) is 6.20 Å². The second-order valence-corrected chi connectivity index (χ2v) is 9.25. The first-order valence-corrected chi connectivity index (χ1v) is 12.2. The fourth-order valence-electron chi connectivity index (χ4n) is 5.87. The van der Waals surface area contributed by atoms with Gasteiger partial charge in [-0.1, -0.05) is 84.9 Å². The molecule has 3 aromatic heterocycles. The number of rotatable bonds is 2. The van der Waals surface area contributed by atoms with Crippen LogP contribution in [0, 0.1) is 0 Å². The summed E-state index contributed by atoms with van der Waals surface area (Å²) in [5.74, 6) is 0. The number of hydrogen-bond acceptors (Lipinski definition) is 1. The Morgan fingerprint density at radius 2 is 0.972 bits per heavy atom. The molecule has 0 N–H and O–H groups in total. The number of pyridine rings is 1. The maximum absolute atomic E-state index is 4.66. The SMILES string of the molecule is c1ccc(-n2c3ccccc3c3ccc4c5ccccc5n(-c5ccnc6ccccc56)c4c32)cc1. The summed E-state index contributed by atoms with van der Waals surface area (Å²) in [6, 6.07) is 43.3. The minimum absolute atomic E-state index is 0.997. The molecule has 8 rings (SSSR count). The quantitative estimate of drug-likeness (QED) is 0.254. The summed E-state index contributed by atoms with van der Waals surface area (Å²) in [6.45, 7) is 0. The minimum atomic E-state index is 0.997. The Balaban J connectivity index is 1.68. The molecule has 0 bridgehead atoms. The molecule has 168 valence electrons. The van der Waals surface area contributed by atoms with E-state index in [2.05, 4.69) is 135 Å². The first-order chi connectivity index (χ1) is 17.9. The lowest BCUT2D eigenvalue weighted by atomic mass is 10.1. The van der Waals surface area contributed by atoms with Crippen LogP contribution in [-0.4, -0.2) is 14.1 Å². The van der Waals surface area contributed by atoms with Gasteiger partial charge >= 0.3 is 0 Å². The molecule has 0 radical (unpaired) electrons. The molecule has 0 unspecified atom stereocenters. The van der Waals surface area contributed by atoms with Crippen LogP contribution in [0.1, 0.15) is 0 Å². The van der Waals surface area contributed by atoms with Gasteiger partial charge in [0.05, 0.1) is 33.3 Å². The second-order valence-electron chi connectivity index (χ2n) is 9.25. The van der Waals surface area contributed by atoms with E-state index >= 15 is 0 Å². The van der Waals surface area contributed by atoms with E-state index < -0.39 is 0 Å². The van der Waals surface area contributed by atoms with E-state index in [-0.39, 0.29) is 0 Å². The molecule has 0 aliphatic rings. The van der Waals surface area contributed by atoms with Crippen LogP contribution < -0.4 is 0 Å². The molecule has 3 nitrogen and oxygen atoms in total. The number of fused-ring (bicyclic) bond motifs is 8. The van der Waals surface area contributed by atoms with Crippen LogP contribution in [0.5, 0.6) is 0 Å². The van der Waals surface area contributed by atoms with E-state index in [9.17, 15) is 0 Å². The zero-order chi connectivity index (χ0) is 23.6. The molecule has 36 heavy (non-hydrogen) atoms. The summed E-state index contributed by atoms with van der Waals surface area (Å²) >= 11 is 0. The van der Waals surface area contributed by atoms with Gasteiger partial charge in [0.15, 0.2) is 0 Å². The smallest absolute Gasteiger partial charge is 0.0789 e. The molecular weight excluding hydrogens is 438 g/mol. The Bertz CT molecular complexity index is 2090. The lowest BCUT2D eigenvalue weighted by Crippen LogP contribution is -1.99. The molecule has 3 heteroatoms. The van der Waals surface area contributed by atoms with E-state index in [1.165, 1.54) is 43.6 Å². The van der Waals surface area contributed by atoms with Gasteiger partial charge in [-0.05, 0) is 36.4 Å². The molecule has 3 heterocycles. The van der Waals surface area contributed by atoms with Gasteiger partial charge in [0.25, 0.3) is 0 Å². The van der Waals surface area contributed by atoms with Gasteiger partial charge in [-0.15, -0.1) is 0 Å². The largest absolute Gasteiger partial charge is 0.307 e. The fourth-order valence-corrected chi connectivity index (χ4v) is 5.87. The predicted molar refractivity (Wildman–Crippen MR) is 150 cm³/mol. The van der Waals surface area contributed by atoms with Crippen LogP contribution in [-0.2, 0) is 0 Å². The van der Waals surface area contributed by atoms with Crippen molar-refractivity contribution in [2.24, 2.45) is 0 Å². The highest BCUT2D eigenvalue weighted by Crippen LogP contribution is 2.42. The van der Waals surface area contributed by atoms with Crippen LogP contribution in [0.15, 0.2) is 128 Å². The van der Waals surface area contributed by atoms with E-state index in [4.69, 9.17) is 0 Å². The number of benzene rings is 5. The van der Waals surface area contributed by atoms with Gasteiger partial charge in [-0.25, -0.2) is 0 Å². The van der Waals surface area contributed by atoms with E-state index in [1.54, 1.807) is 0 Å². The summed E-state index contributed by atoms with van der Waals surface area (Å²) in [7, 11) is 0. The van der Waals surface area contributed by atoms with Crippen molar-refractivity contribution in [3.63, 3.8) is 0 Å². The van der Waals surface area contributed by atoms with Gasteiger partial charge in [0.1, 0.15) is 0 Å². The molecular formula is C33H21N3. The number of para-hydroxylation sites is 4. The van der Waals surface area contributed by atoms with Crippen molar-refractivity contribution in [2.75, 3.05) is 0 Å². The summed E-state index contributed by atoms with van der Waals surface area (Å²) in [6.07, 6.45) is 1.92. The lowest BCUT2D eigenvalue weighted by Gasteiger charge is -2.14. The van der Waals surface area contributed by atoms with Crippen LogP contribution in [0.3, 0.4) is 0 Å². The number of nitrogens with zero attached hydrogens (tertiary/aromatic N) is 3. The Morgan fingerprint density at radius 1 is 0.417 bits per heavy atom. The Morgan fingerprint density at radius 3 is 1.69 bits per heavy atom. The Kier molecular flexibility index (Phi) is 3.94. The molecule has 0 fully saturated rings. The molecule has 0 spiro atoms. The molecule has 0 amide bonds. The Hall–Kier alpha value is -4.89. The van der Waals surface area contributed by atoms with Crippen molar-refractivity contribution in [1.29, 1.82) is 0 Å². The zero-order valence-corrected chi connectivity index (χ0v) is 19.5. The van der Waals surface area contributed by atoms with Crippen molar-refractivity contribution >= 4 is 54.5 Å². The third-order valence-electron chi connectivity index (χ3n) is 7.35. The summed E-state index contributed by atoms with van der Waals surface area (Å²) in [5.41, 5.74) is 8.14. The first-order valence-electron chi connectivity index (χ1n) is 12.2. The molecule has 0 saturated heterocycles. The minimum Gasteiger partial charge on any atom is -0.307 e. The molecule has 5 aromatic carbocycles. The standard InChI is InChI=1S/C33H21N3/c1-2-10-22(11-3-1)35-29-16-8-5-12-23(29)25-18-19-26-24-13-6-9-17-30(24)36(33(26)32(25)35)31-20-21-34-28-15-7-4-14-27(28)31/h1-21H.